The van der Waals surface area contributed by atoms with Gasteiger partial charge in [-0.1, -0.05) is 80.0 Å². The molecule has 1 N–H and O–H groups in total. The highest BCUT2D eigenvalue weighted by atomic mass is 31.1. The van der Waals surface area contributed by atoms with Crippen LogP contribution in [0.5, 0.6) is 5.75 Å². The summed E-state index contributed by atoms with van der Waals surface area (Å²) in [5.74, 6) is 0.508. The molecule has 0 aliphatic heterocycles. The molecule has 0 saturated heterocycles. The minimum Gasteiger partial charge on any atom is -0.507 e. The van der Waals surface area contributed by atoms with E-state index in [0.29, 0.717) is 14.3 Å². The monoisotopic (exact) mass is 444 g/mol. The van der Waals surface area contributed by atoms with Gasteiger partial charge in [-0.3, -0.25) is 0 Å². The van der Waals surface area contributed by atoms with E-state index in [0.717, 1.165) is 24.8 Å². The van der Waals surface area contributed by atoms with Crippen molar-refractivity contribution in [2.24, 2.45) is 0 Å². The van der Waals surface area contributed by atoms with E-state index in [1.165, 1.54) is 33.7 Å². The van der Waals surface area contributed by atoms with E-state index in [-0.39, 0.29) is 18.5 Å². The van der Waals surface area contributed by atoms with Crippen molar-refractivity contribution in [2.45, 2.75) is 84.5 Å². The number of hydrogen-bond donors (Lipinski definition) is 1. The fraction of sp³-hybridized carbons (Fsp3) is 0.556. The van der Waals surface area contributed by atoms with Crippen molar-refractivity contribution < 1.29 is 5.11 Å². The molecule has 2 aromatic carbocycles. The number of hydrogen-bond acceptors (Lipinski definition) is 1. The maximum Gasteiger partial charge on any atom is 0.122 e. The number of phenols is 1. The van der Waals surface area contributed by atoms with Gasteiger partial charge in [-0.15, -0.1) is 7.92 Å². The maximum absolute atomic E-state index is 11.3. The van der Waals surface area contributed by atoms with E-state index in [1.54, 1.807) is 0 Å². The van der Waals surface area contributed by atoms with E-state index in [4.69, 9.17) is 0 Å². The smallest absolute Gasteiger partial charge is 0.122 e. The molecule has 0 fully saturated rings. The van der Waals surface area contributed by atoms with Crippen molar-refractivity contribution in [1.82, 2.24) is 0 Å². The molecule has 0 aliphatic carbocycles. The largest absolute Gasteiger partial charge is 0.507 e. The standard InChI is InChI=1S/C27H42OP2/c1-10-15-27(11-2,23-17-22(26(5,6)7)16-20(4)24(23)28)29-25-19(3)13-12-14-21(25)18-30(8)9/h12-14,16-17,28-29H,10-11,15,18H2,1-9H3. The minimum atomic E-state index is -0.0179. The second-order valence-electron chi connectivity index (χ2n) is 10.1. The number of rotatable bonds is 8. The third-order valence-corrected chi connectivity index (χ3v) is 9.46. The minimum absolute atomic E-state index is 0.00978. The first kappa shape index (κ1) is 25.4. The average molecular weight is 445 g/mol. The molecular formula is C27H42OP2. The van der Waals surface area contributed by atoms with Gasteiger partial charge in [-0.05, 0) is 79.2 Å². The molecule has 0 saturated carbocycles. The van der Waals surface area contributed by atoms with Crippen molar-refractivity contribution in [3.05, 3.63) is 58.1 Å². The molecule has 0 aromatic heterocycles. The van der Waals surface area contributed by atoms with Crippen LogP contribution < -0.4 is 5.30 Å². The van der Waals surface area contributed by atoms with Gasteiger partial charge in [-0.2, -0.15) is 0 Å². The lowest BCUT2D eigenvalue weighted by atomic mass is 9.81. The van der Waals surface area contributed by atoms with Gasteiger partial charge >= 0.3 is 0 Å². The average Bonchev–Trinajstić information content (AvgIpc) is 2.64. The van der Waals surface area contributed by atoms with Gasteiger partial charge < -0.3 is 5.11 Å². The van der Waals surface area contributed by atoms with Crippen LogP contribution in [0.3, 0.4) is 0 Å². The molecule has 1 nitrogen and oxygen atoms in total. The van der Waals surface area contributed by atoms with Crippen molar-refractivity contribution in [3.8, 4) is 5.75 Å². The zero-order valence-electron chi connectivity index (χ0n) is 20.6. The van der Waals surface area contributed by atoms with Gasteiger partial charge in [0.15, 0.2) is 0 Å². The number of phenolic OH excluding ortho intramolecular Hbond substituents is 1. The van der Waals surface area contributed by atoms with Gasteiger partial charge in [0.05, 0.1) is 0 Å². The summed E-state index contributed by atoms with van der Waals surface area (Å²) in [6.45, 7) is 20.5. The Kier molecular flexibility index (Phi) is 8.58. The lowest BCUT2D eigenvalue weighted by Crippen LogP contribution is -2.26. The zero-order valence-corrected chi connectivity index (χ0v) is 22.5. The first-order chi connectivity index (χ1) is 13.9. The lowest BCUT2D eigenvalue weighted by molar-refractivity contribution is 0.437. The summed E-state index contributed by atoms with van der Waals surface area (Å²) < 4.78 is 0. The van der Waals surface area contributed by atoms with Crippen LogP contribution in [0.15, 0.2) is 30.3 Å². The molecule has 166 valence electrons. The summed E-state index contributed by atoms with van der Waals surface area (Å²) in [6, 6.07) is 11.3. The SMILES string of the molecule is CCCC(CC)(Pc1c(C)cccc1CP(C)C)c1cc(C(C)(C)C)cc(C)c1O. The Balaban J connectivity index is 2.71. The number of benzene rings is 2. The Morgan fingerprint density at radius 2 is 1.67 bits per heavy atom. The molecule has 0 amide bonds. The second-order valence-corrected chi connectivity index (χ2v) is 14.3. The van der Waals surface area contributed by atoms with Crippen LogP contribution in [0.1, 0.15) is 81.7 Å². The number of aromatic hydroxyl groups is 1. The molecule has 3 heteroatoms. The van der Waals surface area contributed by atoms with Crippen molar-refractivity contribution in [3.63, 3.8) is 0 Å². The molecule has 30 heavy (non-hydrogen) atoms. The molecule has 2 aromatic rings. The van der Waals surface area contributed by atoms with E-state index in [2.05, 4.69) is 92.1 Å². The Morgan fingerprint density at radius 3 is 2.20 bits per heavy atom. The predicted molar refractivity (Wildman–Crippen MR) is 140 cm³/mol. The molecule has 2 rings (SSSR count). The summed E-state index contributed by atoms with van der Waals surface area (Å²) in [4.78, 5) is 0. The van der Waals surface area contributed by atoms with E-state index >= 15 is 0 Å². The Morgan fingerprint density at radius 1 is 1.00 bits per heavy atom. The van der Waals surface area contributed by atoms with Crippen LogP contribution in [0.25, 0.3) is 0 Å². The second kappa shape index (κ2) is 10.1. The topological polar surface area (TPSA) is 20.2 Å². The Bertz CT molecular complexity index is 864. The quantitative estimate of drug-likeness (QED) is 0.410. The summed E-state index contributed by atoms with van der Waals surface area (Å²) in [5.41, 5.74) is 6.48. The van der Waals surface area contributed by atoms with Crippen LogP contribution in [-0.2, 0) is 16.7 Å². The fourth-order valence-corrected chi connectivity index (χ4v) is 7.41. The molecule has 2 unspecified atom stereocenters. The number of aryl methyl sites for hydroxylation is 2. The van der Waals surface area contributed by atoms with Crippen molar-refractivity contribution in [2.75, 3.05) is 13.3 Å². The van der Waals surface area contributed by atoms with E-state index in [1.807, 2.05) is 0 Å². The van der Waals surface area contributed by atoms with E-state index in [9.17, 15) is 5.11 Å². The third-order valence-electron chi connectivity index (χ3n) is 6.17. The summed E-state index contributed by atoms with van der Waals surface area (Å²) in [5, 5.41) is 12.8. The normalized spacial score (nSPS) is 14.6. The summed E-state index contributed by atoms with van der Waals surface area (Å²) in [6.07, 6.45) is 4.44. The van der Waals surface area contributed by atoms with Crippen LogP contribution >= 0.6 is 16.5 Å². The van der Waals surface area contributed by atoms with Gasteiger partial charge in [-0.25, -0.2) is 0 Å². The zero-order chi connectivity index (χ0) is 22.7. The van der Waals surface area contributed by atoms with Crippen LogP contribution in [0.2, 0.25) is 0 Å². The van der Waals surface area contributed by atoms with Gasteiger partial charge in [0.1, 0.15) is 5.75 Å². The third kappa shape index (κ3) is 5.66. The molecule has 2 atom stereocenters. The molecular weight excluding hydrogens is 402 g/mol. The summed E-state index contributed by atoms with van der Waals surface area (Å²) >= 11 is 0. The highest BCUT2D eigenvalue weighted by molar-refractivity contribution is 7.55. The highest BCUT2D eigenvalue weighted by Gasteiger charge is 2.35. The molecule has 0 heterocycles. The first-order valence-electron chi connectivity index (χ1n) is 11.3. The predicted octanol–water partition coefficient (Wildman–Crippen LogP) is 7.96. The Labute approximate surface area is 188 Å². The van der Waals surface area contributed by atoms with Crippen LogP contribution in [-0.4, -0.2) is 18.4 Å². The molecule has 0 radical (unpaired) electrons. The highest BCUT2D eigenvalue weighted by Crippen LogP contribution is 2.53. The molecule has 0 aliphatic rings. The maximum atomic E-state index is 11.3. The van der Waals surface area contributed by atoms with Crippen molar-refractivity contribution >= 4 is 21.8 Å². The van der Waals surface area contributed by atoms with Crippen LogP contribution in [0, 0.1) is 13.8 Å². The van der Waals surface area contributed by atoms with Gasteiger partial charge in [0, 0.05) is 10.7 Å². The van der Waals surface area contributed by atoms with Gasteiger partial charge in [0.25, 0.3) is 0 Å². The van der Waals surface area contributed by atoms with Gasteiger partial charge in [0.2, 0.25) is 0 Å². The molecule has 0 spiro atoms. The first-order valence-corrected chi connectivity index (χ1v) is 14.7. The summed E-state index contributed by atoms with van der Waals surface area (Å²) in [7, 11) is 0.680. The fourth-order valence-electron chi connectivity index (χ4n) is 4.34. The van der Waals surface area contributed by atoms with Crippen molar-refractivity contribution in [1.29, 1.82) is 0 Å². The lowest BCUT2D eigenvalue weighted by Gasteiger charge is -2.37. The van der Waals surface area contributed by atoms with Crippen LogP contribution in [0.4, 0.5) is 0 Å². The Hall–Kier alpha value is -0.900. The van der Waals surface area contributed by atoms with E-state index < -0.39 is 0 Å². The molecule has 0 bridgehead atoms.